The second-order valence-electron chi connectivity index (χ2n) is 6.28. The molecule has 2 aromatic carbocycles. The fourth-order valence-corrected chi connectivity index (χ4v) is 3.42. The zero-order chi connectivity index (χ0) is 20.3. The topological polar surface area (TPSA) is 90.0 Å². The lowest BCUT2D eigenvalue weighted by molar-refractivity contribution is -0.129. The molecule has 0 saturated carbocycles. The summed E-state index contributed by atoms with van der Waals surface area (Å²) in [6.45, 7) is 0.216. The van der Waals surface area contributed by atoms with Crippen molar-refractivity contribution in [1.29, 1.82) is 0 Å². The van der Waals surface area contributed by atoms with Gasteiger partial charge in [-0.25, -0.2) is 15.2 Å². The Labute approximate surface area is 175 Å². The lowest BCUT2D eigenvalue weighted by Crippen LogP contribution is -2.35. The van der Waals surface area contributed by atoms with Gasteiger partial charge in [0, 0.05) is 22.5 Å². The van der Waals surface area contributed by atoms with Crippen LogP contribution in [0.15, 0.2) is 53.0 Å². The minimum Gasteiger partial charge on any atom is -0.308 e. The molecule has 7 nitrogen and oxygen atoms in total. The average molecular weight is 467 g/mol. The van der Waals surface area contributed by atoms with Gasteiger partial charge in [-0.1, -0.05) is 39.7 Å². The molecule has 1 aliphatic heterocycles. The Balaban J connectivity index is 1.89. The van der Waals surface area contributed by atoms with Crippen molar-refractivity contribution in [3.63, 3.8) is 0 Å². The number of anilines is 1. The number of hydrogen-bond donors (Lipinski definition) is 2. The summed E-state index contributed by atoms with van der Waals surface area (Å²) in [5, 5.41) is 9.21. The molecule has 1 atom stereocenters. The van der Waals surface area contributed by atoms with Crippen molar-refractivity contribution >= 4 is 51.1 Å². The van der Waals surface area contributed by atoms with Crippen LogP contribution < -0.4 is 10.4 Å². The van der Waals surface area contributed by atoms with Gasteiger partial charge in [0.2, 0.25) is 5.91 Å². The standard InChI is InChI=1S/C19H17BrClN3O4/c20-13-3-1-12(2-4-13)11-23-16(9-10-17(25)22-28)18(26)24(19(23)27)15-7-5-14(21)6-8-15/h1-8,16,28H,9-11H2,(H,22,25). The lowest BCUT2D eigenvalue weighted by atomic mass is 10.1. The second-order valence-corrected chi connectivity index (χ2v) is 7.63. The molecule has 4 amide bonds. The van der Waals surface area contributed by atoms with Gasteiger partial charge in [0.1, 0.15) is 6.04 Å². The number of rotatable bonds is 6. The summed E-state index contributed by atoms with van der Waals surface area (Å²) in [5.41, 5.74) is 2.81. The normalized spacial score (nSPS) is 16.6. The highest BCUT2D eigenvalue weighted by atomic mass is 79.9. The van der Waals surface area contributed by atoms with Crippen LogP contribution in [-0.4, -0.2) is 34.0 Å². The van der Waals surface area contributed by atoms with Crippen molar-refractivity contribution in [3.8, 4) is 0 Å². The summed E-state index contributed by atoms with van der Waals surface area (Å²) < 4.78 is 0.902. The summed E-state index contributed by atoms with van der Waals surface area (Å²) in [5.74, 6) is -1.04. The smallest absolute Gasteiger partial charge is 0.308 e. The first-order chi connectivity index (χ1) is 13.4. The van der Waals surface area contributed by atoms with Crippen LogP contribution >= 0.6 is 27.5 Å². The van der Waals surface area contributed by atoms with E-state index in [4.69, 9.17) is 16.8 Å². The number of carbonyl (C=O) groups is 3. The first-order valence-electron chi connectivity index (χ1n) is 8.48. The quantitative estimate of drug-likeness (QED) is 0.386. The molecule has 2 N–H and O–H groups in total. The van der Waals surface area contributed by atoms with E-state index in [2.05, 4.69) is 15.9 Å². The fraction of sp³-hybridized carbons (Fsp3) is 0.211. The Morgan fingerprint density at radius 3 is 2.36 bits per heavy atom. The number of carbonyl (C=O) groups excluding carboxylic acids is 3. The van der Waals surface area contributed by atoms with Gasteiger partial charge in [0.15, 0.2) is 0 Å². The number of hydrogen-bond acceptors (Lipinski definition) is 4. The van der Waals surface area contributed by atoms with Crippen LogP contribution in [0.3, 0.4) is 0 Å². The van der Waals surface area contributed by atoms with E-state index in [1.165, 1.54) is 4.90 Å². The largest absolute Gasteiger partial charge is 0.332 e. The number of nitrogens with zero attached hydrogens (tertiary/aromatic N) is 2. The maximum atomic E-state index is 13.0. The molecule has 146 valence electrons. The van der Waals surface area contributed by atoms with E-state index in [9.17, 15) is 14.4 Å². The third-order valence-electron chi connectivity index (χ3n) is 4.44. The van der Waals surface area contributed by atoms with Crippen LogP contribution in [0.4, 0.5) is 10.5 Å². The van der Waals surface area contributed by atoms with Crippen LogP contribution in [0.25, 0.3) is 0 Å². The number of amides is 4. The van der Waals surface area contributed by atoms with E-state index < -0.39 is 23.9 Å². The van der Waals surface area contributed by atoms with E-state index in [-0.39, 0.29) is 19.4 Å². The molecule has 0 spiro atoms. The third kappa shape index (κ3) is 4.35. The van der Waals surface area contributed by atoms with Crippen LogP contribution in [0.5, 0.6) is 0 Å². The van der Waals surface area contributed by atoms with Gasteiger partial charge in [-0.2, -0.15) is 0 Å². The van der Waals surface area contributed by atoms with Gasteiger partial charge in [-0.3, -0.25) is 14.8 Å². The minimum atomic E-state index is -0.816. The lowest BCUT2D eigenvalue weighted by Gasteiger charge is -2.21. The van der Waals surface area contributed by atoms with Crippen molar-refractivity contribution in [1.82, 2.24) is 10.4 Å². The van der Waals surface area contributed by atoms with E-state index >= 15 is 0 Å². The van der Waals surface area contributed by atoms with Crippen LogP contribution in [0.2, 0.25) is 5.02 Å². The Morgan fingerprint density at radius 1 is 1.11 bits per heavy atom. The first-order valence-corrected chi connectivity index (χ1v) is 9.65. The van der Waals surface area contributed by atoms with Gasteiger partial charge in [-0.15, -0.1) is 0 Å². The summed E-state index contributed by atoms with van der Waals surface area (Å²) in [4.78, 5) is 40.0. The summed E-state index contributed by atoms with van der Waals surface area (Å²) >= 11 is 9.26. The summed E-state index contributed by atoms with van der Waals surface area (Å²) in [7, 11) is 0. The Bertz CT molecular complexity index is 889. The van der Waals surface area contributed by atoms with E-state index in [1.54, 1.807) is 29.7 Å². The Kier molecular flexibility index (Phi) is 6.33. The average Bonchev–Trinajstić information content (AvgIpc) is 2.92. The van der Waals surface area contributed by atoms with Crippen LogP contribution in [-0.2, 0) is 16.1 Å². The molecule has 0 bridgehead atoms. The third-order valence-corrected chi connectivity index (χ3v) is 5.22. The Morgan fingerprint density at radius 2 is 1.75 bits per heavy atom. The van der Waals surface area contributed by atoms with E-state index in [1.807, 2.05) is 24.3 Å². The molecule has 28 heavy (non-hydrogen) atoms. The molecule has 1 fully saturated rings. The van der Waals surface area contributed by atoms with E-state index in [0.29, 0.717) is 10.7 Å². The zero-order valence-corrected chi connectivity index (χ0v) is 17.0. The summed E-state index contributed by atoms with van der Waals surface area (Å²) in [6.07, 6.45) is 0.00304. The van der Waals surface area contributed by atoms with Gasteiger partial charge in [0.05, 0.1) is 5.69 Å². The molecule has 0 radical (unpaired) electrons. The first kappa shape index (κ1) is 20.3. The molecule has 1 aliphatic rings. The highest BCUT2D eigenvalue weighted by Crippen LogP contribution is 2.30. The highest BCUT2D eigenvalue weighted by molar-refractivity contribution is 9.10. The number of imide groups is 1. The second kappa shape index (κ2) is 8.72. The number of urea groups is 1. The van der Waals surface area contributed by atoms with Crippen molar-refractivity contribution in [2.75, 3.05) is 4.90 Å². The monoisotopic (exact) mass is 465 g/mol. The number of nitrogens with one attached hydrogen (secondary N) is 1. The van der Waals surface area contributed by atoms with Crippen molar-refractivity contribution in [2.24, 2.45) is 0 Å². The maximum absolute atomic E-state index is 13.0. The molecule has 9 heteroatoms. The van der Waals surface area contributed by atoms with Crippen molar-refractivity contribution in [3.05, 3.63) is 63.6 Å². The SMILES string of the molecule is O=C(CCC1C(=O)N(c2ccc(Cl)cc2)C(=O)N1Cc1ccc(Br)cc1)NO. The van der Waals surface area contributed by atoms with E-state index in [0.717, 1.165) is 14.9 Å². The Hall–Kier alpha value is -2.42. The fourth-order valence-electron chi connectivity index (χ4n) is 3.03. The van der Waals surface area contributed by atoms with Crippen LogP contribution in [0, 0.1) is 0 Å². The van der Waals surface area contributed by atoms with Gasteiger partial charge >= 0.3 is 6.03 Å². The maximum Gasteiger partial charge on any atom is 0.332 e. The minimum absolute atomic E-state index is 0.0918. The zero-order valence-electron chi connectivity index (χ0n) is 14.6. The van der Waals surface area contributed by atoms with Crippen molar-refractivity contribution < 1.29 is 19.6 Å². The molecule has 0 aliphatic carbocycles. The molecule has 1 heterocycles. The number of hydroxylamine groups is 1. The predicted molar refractivity (Wildman–Crippen MR) is 107 cm³/mol. The molecule has 1 unspecified atom stereocenters. The molecule has 3 rings (SSSR count). The molecule has 1 saturated heterocycles. The molecule has 2 aromatic rings. The van der Waals surface area contributed by atoms with Crippen molar-refractivity contribution in [2.45, 2.75) is 25.4 Å². The number of benzene rings is 2. The van der Waals surface area contributed by atoms with Gasteiger partial charge in [0.25, 0.3) is 5.91 Å². The van der Waals surface area contributed by atoms with Crippen LogP contribution in [0.1, 0.15) is 18.4 Å². The van der Waals surface area contributed by atoms with Gasteiger partial charge in [-0.05, 0) is 48.4 Å². The molecular formula is C19H17BrClN3O4. The molecular weight excluding hydrogens is 450 g/mol. The molecule has 0 aromatic heterocycles. The highest BCUT2D eigenvalue weighted by Gasteiger charge is 2.45. The summed E-state index contributed by atoms with van der Waals surface area (Å²) in [6, 6.07) is 12.5. The van der Waals surface area contributed by atoms with Gasteiger partial charge < -0.3 is 4.90 Å². The number of halogens is 2. The predicted octanol–water partition coefficient (Wildman–Crippen LogP) is 3.73.